The number of hydrogen-bond acceptors (Lipinski definition) is 3. The van der Waals surface area contributed by atoms with Crippen molar-refractivity contribution in [1.82, 2.24) is 4.57 Å². The monoisotopic (exact) mass is 223 g/mol. The highest BCUT2D eigenvalue weighted by Crippen LogP contribution is 2.31. The number of benzene rings is 1. The van der Waals surface area contributed by atoms with Gasteiger partial charge in [0.1, 0.15) is 11.4 Å². The second-order valence-electron chi connectivity index (χ2n) is 3.26. The van der Waals surface area contributed by atoms with Crippen LogP contribution in [0.25, 0.3) is 10.9 Å². The van der Waals surface area contributed by atoms with E-state index in [-0.39, 0.29) is 11.4 Å². The molecule has 5 heteroatoms. The number of aromatic carboxylic acids is 1. The number of hydrogen-bond donors (Lipinski definition) is 3. The van der Waals surface area contributed by atoms with Crippen LogP contribution in [0.4, 0.5) is 0 Å². The number of thiol groups is 1. The fourth-order valence-corrected chi connectivity index (χ4v) is 1.98. The number of fused-ring (bicyclic) bond motifs is 1. The number of phenols is 1. The minimum Gasteiger partial charge on any atom is -0.507 e. The van der Waals surface area contributed by atoms with Gasteiger partial charge >= 0.3 is 5.97 Å². The number of aromatic nitrogens is 1. The van der Waals surface area contributed by atoms with Crippen molar-refractivity contribution in [3.8, 4) is 5.75 Å². The van der Waals surface area contributed by atoms with Gasteiger partial charge in [-0.25, -0.2) is 4.79 Å². The van der Waals surface area contributed by atoms with Crippen molar-refractivity contribution < 1.29 is 15.0 Å². The summed E-state index contributed by atoms with van der Waals surface area (Å²) in [5.74, 6) is -0.966. The topological polar surface area (TPSA) is 62.5 Å². The van der Waals surface area contributed by atoms with E-state index in [1.807, 2.05) is 0 Å². The fraction of sp³-hybridized carbons (Fsp3) is 0.100. The Kier molecular flexibility index (Phi) is 2.12. The lowest BCUT2D eigenvalue weighted by Crippen LogP contribution is -2.03. The first kappa shape index (κ1) is 9.92. The summed E-state index contributed by atoms with van der Waals surface area (Å²) in [6, 6.07) is 4.56. The summed E-state index contributed by atoms with van der Waals surface area (Å²) >= 11 is 4.22. The van der Waals surface area contributed by atoms with E-state index < -0.39 is 5.97 Å². The Hall–Kier alpha value is -1.62. The fourth-order valence-electron chi connectivity index (χ4n) is 1.64. The quantitative estimate of drug-likeness (QED) is 0.647. The third-order valence-electron chi connectivity index (χ3n) is 2.37. The number of nitrogens with zero attached hydrogens (tertiary/aromatic N) is 1. The van der Waals surface area contributed by atoms with Gasteiger partial charge in [-0.1, -0.05) is 0 Å². The maximum absolute atomic E-state index is 10.9. The van der Waals surface area contributed by atoms with Gasteiger partial charge in [-0.15, -0.1) is 12.6 Å². The number of aromatic hydroxyl groups is 1. The zero-order valence-corrected chi connectivity index (χ0v) is 8.82. The van der Waals surface area contributed by atoms with Gasteiger partial charge in [0.15, 0.2) is 0 Å². The van der Waals surface area contributed by atoms with Crippen LogP contribution in [0.1, 0.15) is 10.5 Å². The highest BCUT2D eigenvalue weighted by atomic mass is 32.1. The maximum Gasteiger partial charge on any atom is 0.352 e. The Morgan fingerprint density at radius 3 is 2.67 bits per heavy atom. The summed E-state index contributed by atoms with van der Waals surface area (Å²) in [6.45, 7) is 0. The molecule has 2 aromatic rings. The van der Waals surface area contributed by atoms with Gasteiger partial charge in [-0.05, 0) is 18.2 Å². The molecular weight excluding hydrogens is 214 g/mol. The SMILES string of the molecule is Cn1c(C(=O)O)cc2c(O)ccc(S)c21. The number of aryl methyl sites for hydroxylation is 1. The van der Waals surface area contributed by atoms with Crippen molar-refractivity contribution in [2.75, 3.05) is 0 Å². The smallest absolute Gasteiger partial charge is 0.352 e. The van der Waals surface area contributed by atoms with Crippen LogP contribution in [-0.2, 0) is 7.05 Å². The summed E-state index contributed by atoms with van der Waals surface area (Å²) in [4.78, 5) is 11.5. The van der Waals surface area contributed by atoms with Crippen LogP contribution in [0.15, 0.2) is 23.1 Å². The highest BCUT2D eigenvalue weighted by molar-refractivity contribution is 7.80. The Morgan fingerprint density at radius 1 is 1.47 bits per heavy atom. The van der Waals surface area contributed by atoms with Gasteiger partial charge in [0.25, 0.3) is 0 Å². The molecule has 0 saturated heterocycles. The number of carboxylic acid groups (broad SMARTS) is 1. The van der Waals surface area contributed by atoms with Gasteiger partial charge in [-0.3, -0.25) is 0 Å². The lowest BCUT2D eigenvalue weighted by Gasteiger charge is -2.02. The molecular formula is C10H9NO3S. The molecule has 0 saturated carbocycles. The molecule has 0 amide bonds. The molecule has 0 spiro atoms. The normalized spacial score (nSPS) is 10.8. The van der Waals surface area contributed by atoms with E-state index in [1.54, 1.807) is 13.1 Å². The van der Waals surface area contributed by atoms with Crippen LogP contribution in [0.3, 0.4) is 0 Å². The number of rotatable bonds is 1. The third kappa shape index (κ3) is 1.35. The third-order valence-corrected chi connectivity index (χ3v) is 2.73. The second-order valence-corrected chi connectivity index (χ2v) is 3.74. The molecule has 1 heterocycles. The van der Waals surface area contributed by atoms with E-state index in [2.05, 4.69) is 12.6 Å². The van der Waals surface area contributed by atoms with Crippen LogP contribution in [0, 0.1) is 0 Å². The molecule has 0 atom stereocenters. The first-order valence-corrected chi connectivity index (χ1v) is 4.70. The molecule has 0 fully saturated rings. The first-order valence-electron chi connectivity index (χ1n) is 4.26. The molecule has 1 aromatic carbocycles. The van der Waals surface area contributed by atoms with Crippen LogP contribution in [-0.4, -0.2) is 20.7 Å². The number of carbonyl (C=O) groups is 1. The Morgan fingerprint density at radius 2 is 2.13 bits per heavy atom. The lowest BCUT2D eigenvalue weighted by molar-refractivity contribution is 0.0687. The van der Waals surface area contributed by atoms with Crippen molar-refractivity contribution in [2.24, 2.45) is 7.05 Å². The summed E-state index contributed by atoms with van der Waals surface area (Å²) < 4.78 is 1.50. The van der Waals surface area contributed by atoms with Gasteiger partial charge in [0.2, 0.25) is 0 Å². The summed E-state index contributed by atoms with van der Waals surface area (Å²) in [6.07, 6.45) is 0. The van der Waals surface area contributed by atoms with E-state index >= 15 is 0 Å². The largest absolute Gasteiger partial charge is 0.507 e. The molecule has 2 rings (SSSR count). The van der Waals surface area contributed by atoms with Gasteiger partial charge in [0.05, 0.1) is 5.52 Å². The Balaban J connectivity index is 2.93. The summed E-state index contributed by atoms with van der Waals surface area (Å²) in [7, 11) is 1.63. The minimum absolute atomic E-state index is 0.0610. The van der Waals surface area contributed by atoms with Gasteiger partial charge < -0.3 is 14.8 Å². The predicted molar refractivity (Wildman–Crippen MR) is 58.8 cm³/mol. The van der Waals surface area contributed by atoms with E-state index in [0.717, 1.165) is 0 Å². The average molecular weight is 223 g/mol. The second kappa shape index (κ2) is 3.20. The highest BCUT2D eigenvalue weighted by Gasteiger charge is 2.15. The summed E-state index contributed by atoms with van der Waals surface area (Å²) in [5.41, 5.74) is 0.748. The van der Waals surface area contributed by atoms with Crippen molar-refractivity contribution in [2.45, 2.75) is 4.90 Å². The first-order chi connectivity index (χ1) is 7.02. The predicted octanol–water partition coefficient (Wildman–Crippen LogP) is 1.87. The average Bonchev–Trinajstić information content (AvgIpc) is 2.51. The van der Waals surface area contributed by atoms with Crippen LogP contribution in [0.5, 0.6) is 5.75 Å². The Labute approximate surface area is 91.2 Å². The standard InChI is InChI=1S/C10H9NO3S/c1-11-6(10(13)14)4-5-7(12)2-3-8(15)9(5)11/h2-4,12,15H,1H3,(H,13,14). The Bertz CT molecular complexity index is 559. The van der Waals surface area contributed by atoms with E-state index in [4.69, 9.17) is 5.11 Å². The zero-order chi connectivity index (χ0) is 11.2. The van der Waals surface area contributed by atoms with E-state index in [1.165, 1.54) is 16.7 Å². The van der Waals surface area contributed by atoms with Crippen molar-refractivity contribution in [3.05, 3.63) is 23.9 Å². The minimum atomic E-state index is -1.03. The van der Waals surface area contributed by atoms with E-state index in [0.29, 0.717) is 15.8 Å². The molecule has 0 aliphatic heterocycles. The van der Waals surface area contributed by atoms with Crippen molar-refractivity contribution in [3.63, 3.8) is 0 Å². The van der Waals surface area contributed by atoms with Crippen LogP contribution >= 0.6 is 12.6 Å². The molecule has 15 heavy (non-hydrogen) atoms. The number of carboxylic acids is 1. The molecule has 0 unspecified atom stereocenters. The van der Waals surface area contributed by atoms with Crippen LogP contribution in [0.2, 0.25) is 0 Å². The molecule has 1 aromatic heterocycles. The lowest BCUT2D eigenvalue weighted by atomic mass is 10.2. The van der Waals surface area contributed by atoms with Gasteiger partial charge in [0, 0.05) is 17.3 Å². The molecule has 0 bridgehead atoms. The zero-order valence-electron chi connectivity index (χ0n) is 7.93. The van der Waals surface area contributed by atoms with Crippen molar-refractivity contribution >= 4 is 29.5 Å². The molecule has 0 aliphatic carbocycles. The van der Waals surface area contributed by atoms with E-state index in [9.17, 15) is 9.90 Å². The molecule has 78 valence electrons. The molecule has 0 aliphatic rings. The van der Waals surface area contributed by atoms with Gasteiger partial charge in [-0.2, -0.15) is 0 Å². The number of phenolic OH excluding ortho intramolecular Hbond substituents is 1. The molecule has 2 N–H and O–H groups in total. The molecule has 4 nitrogen and oxygen atoms in total. The maximum atomic E-state index is 10.9. The van der Waals surface area contributed by atoms with Crippen LogP contribution < -0.4 is 0 Å². The summed E-state index contributed by atoms with van der Waals surface area (Å²) in [5, 5.41) is 19.0. The molecule has 0 radical (unpaired) electrons. The van der Waals surface area contributed by atoms with Crippen molar-refractivity contribution in [1.29, 1.82) is 0 Å².